The quantitative estimate of drug-likeness (QED) is 0.144. The zero-order valence-corrected chi connectivity index (χ0v) is 28.9. The summed E-state index contributed by atoms with van der Waals surface area (Å²) in [4.78, 5) is 10.4. The molecule has 0 unspecified atom stereocenters. The average Bonchev–Trinajstić information content (AvgIpc) is 2.92. The topological polar surface area (TPSA) is 54.2 Å². The first-order chi connectivity index (χ1) is 20.7. The number of halogens is 6. The Labute approximate surface area is 286 Å². The van der Waals surface area contributed by atoms with Crippen LogP contribution in [-0.4, -0.2) is 26.7 Å². The molecule has 2 aliphatic heterocycles. The maximum atomic E-state index is 6.53. The van der Waals surface area contributed by atoms with E-state index in [0.29, 0.717) is 35.8 Å². The Bertz CT molecular complexity index is 1900. The van der Waals surface area contributed by atoms with Crippen molar-refractivity contribution in [3.63, 3.8) is 0 Å². The molecule has 2 heterocycles. The largest absolute Gasteiger partial charge is 0.354 e. The molecule has 0 bridgehead atoms. The van der Waals surface area contributed by atoms with Crippen LogP contribution in [0.1, 0.15) is 40.5 Å². The fourth-order valence-corrected chi connectivity index (χ4v) is 7.52. The van der Waals surface area contributed by atoms with Crippen LogP contribution in [0.2, 0.25) is 30.1 Å². The minimum Gasteiger partial charge on any atom is -0.354 e. The van der Waals surface area contributed by atoms with E-state index in [1.165, 1.54) is 0 Å². The van der Waals surface area contributed by atoms with Crippen molar-refractivity contribution in [2.75, 3.05) is 5.32 Å². The summed E-state index contributed by atoms with van der Waals surface area (Å²) in [5.74, 6) is 0. The predicted molar refractivity (Wildman–Crippen MR) is 187 cm³/mol. The highest BCUT2D eigenvalue weighted by atomic mass is 35.5. The molecule has 3 aliphatic rings. The number of nitrogens with zero attached hydrogens (tertiary/aromatic N) is 3. The Hall–Kier alpha value is -2.22. The van der Waals surface area contributed by atoms with Crippen LogP contribution < -0.4 is 16.0 Å². The molecule has 0 atom stereocenters. The second kappa shape index (κ2) is 11.9. The second-order valence-corrected chi connectivity index (χ2v) is 14.9. The molecule has 5 nitrogen and oxygen atoms in total. The zero-order chi connectivity index (χ0) is 31.6. The SMILES string of the molecule is CC1(C)CC(N=c2cc3n(-c4cc(Cl)c(Cl)c(Cl)c4)c4ccccc4nc-3cc2Nc2cc(Cl)c(Cl)c(Cl)c2)CC(C)(C)N1. The van der Waals surface area contributed by atoms with Gasteiger partial charge < -0.3 is 15.2 Å². The molecule has 228 valence electrons. The van der Waals surface area contributed by atoms with Gasteiger partial charge in [0.2, 0.25) is 0 Å². The molecular weight excluding hydrogens is 679 g/mol. The van der Waals surface area contributed by atoms with Crippen LogP contribution in [-0.2, 0) is 0 Å². The molecule has 1 aliphatic carbocycles. The molecule has 0 aromatic heterocycles. The molecule has 44 heavy (non-hydrogen) atoms. The smallest absolute Gasteiger partial charge is 0.0900 e. The summed E-state index contributed by atoms with van der Waals surface area (Å²) in [5.41, 5.74) is 5.21. The van der Waals surface area contributed by atoms with Crippen LogP contribution in [0.3, 0.4) is 0 Å². The van der Waals surface area contributed by atoms with Crippen molar-refractivity contribution in [3.8, 4) is 17.1 Å². The van der Waals surface area contributed by atoms with Gasteiger partial charge in [0.25, 0.3) is 0 Å². The van der Waals surface area contributed by atoms with Crippen LogP contribution in [0.25, 0.3) is 28.1 Å². The highest BCUT2D eigenvalue weighted by Crippen LogP contribution is 2.38. The number of hydrogen-bond acceptors (Lipinski definition) is 4. The molecule has 0 spiro atoms. The third kappa shape index (κ3) is 6.39. The Balaban J connectivity index is 1.65. The predicted octanol–water partition coefficient (Wildman–Crippen LogP) is 11.0. The summed E-state index contributed by atoms with van der Waals surface area (Å²) in [7, 11) is 0. The summed E-state index contributed by atoms with van der Waals surface area (Å²) >= 11 is 38.4. The number of aromatic nitrogens is 2. The van der Waals surface area contributed by atoms with Crippen LogP contribution in [0.4, 0.5) is 11.4 Å². The number of piperidine rings is 1. The van der Waals surface area contributed by atoms with E-state index in [1.54, 1.807) is 24.3 Å². The maximum Gasteiger partial charge on any atom is 0.0900 e. The highest BCUT2D eigenvalue weighted by molar-refractivity contribution is 6.48. The molecular formula is C33H29Cl6N5. The van der Waals surface area contributed by atoms with Crippen molar-refractivity contribution in [3.05, 3.63) is 96.2 Å². The van der Waals surface area contributed by atoms with Crippen molar-refractivity contribution in [1.82, 2.24) is 14.9 Å². The lowest BCUT2D eigenvalue weighted by atomic mass is 9.80. The Morgan fingerprint density at radius 3 is 1.98 bits per heavy atom. The fourth-order valence-electron chi connectivity index (χ4n) is 6.34. The van der Waals surface area contributed by atoms with Gasteiger partial charge in [0.15, 0.2) is 0 Å². The van der Waals surface area contributed by atoms with Crippen LogP contribution in [0.15, 0.2) is 65.7 Å². The zero-order valence-electron chi connectivity index (χ0n) is 24.4. The molecule has 1 saturated heterocycles. The first-order valence-electron chi connectivity index (χ1n) is 14.0. The Morgan fingerprint density at radius 2 is 1.36 bits per heavy atom. The first-order valence-corrected chi connectivity index (χ1v) is 16.3. The molecule has 1 fully saturated rings. The third-order valence-corrected chi connectivity index (χ3v) is 10.1. The second-order valence-electron chi connectivity index (χ2n) is 12.5. The van der Waals surface area contributed by atoms with Gasteiger partial charge in [-0.25, -0.2) is 4.98 Å². The van der Waals surface area contributed by atoms with E-state index in [1.807, 2.05) is 30.3 Å². The molecule has 0 amide bonds. The standard InChI is InChI=1S/C33H29Cl6N5/c1-32(2)15-18(16-33(3,4)43-32)41-26-14-29-27(13-25(26)40-17-9-20(34)30(38)21(35)10-17)42-24-7-5-6-8-28(24)44(29)19-11-22(36)31(39)23(37)12-19/h5-14,18,40,43H,15-16H2,1-4H3. The van der Waals surface area contributed by atoms with Crippen molar-refractivity contribution in [1.29, 1.82) is 0 Å². The van der Waals surface area contributed by atoms with Gasteiger partial charge in [-0.2, -0.15) is 0 Å². The van der Waals surface area contributed by atoms with Crippen molar-refractivity contribution in [2.24, 2.45) is 4.99 Å². The lowest BCUT2D eigenvalue weighted by Crippen LogP contribution is -2.59. The van der Waals surface area contributed by atoms with Gasteiger partial charge in [0.1, 0.15) is 0 Å². The number of fused-ring (bicyclic) bond motifs is 2. The van der Waals surface area contributed by atoms with Gasteiger partial charge in [0, 0.05) is 22.5 Å². The van der Waals surface area contributed by atoms with E-state index in [0.717, 1.165) is 52.0 Å². The number of para-hydroxylation sites is 2. The number of anilines is 2. The summed E-state index contributed by atoms with van der Waals surface area (Å²) < 4.78 is 2.08. The van der Waals surface area contributed by atoms with Crippen LogP contribution >= 0.6 is 69.6 Å². The molecule has 11 heteroatoms. The van der Waals surface area contributed by atoms with E-state index in [4.69, 9.17) is 79.6 Å². The summed E-state index contributed by atoms with van der Waals surface area (Å²) in [6.07, 6.45) is 1.73. The van der Waals surface area contributed by atoms with E-state index in [-0.39, 0.29) is 17.1 Å². The van der Waals surface area contributed by atoms with Gasteiger partial charge in [0.05, 0.1) is 69.6 Å². The molecule has 6 rings (SSSR count). The number of rotatable bonds is 4. The molecule has 3 aromatic rings. The summed E-state index contributed by atoms with van der Waals surface area (Å²) in [5, 5.41) is 10.0. The average molecular weight is 708 g/mol. The van der Waals surface area contributed by atoms with Crippen LogP contribution in [0, 0.1) is 0 Å². The van der Waals surface area contributed by atoms with Gasteiger partial charge in [-0.3, -0.25) is 4.99 Å². The van der Waals surface area contributed by atoms with E-state index < -0.39 is 0 Å². The van der Waals surface area contributed by atoms with Crippen LogP contribution in [0.5, 0.6) is 0 Å². The number of nitrogens with one attached hydrogen (secondary N) is 2. The minimum atomic E-state index is -0.0912. The van der Waals surface area contributed by atoms with Crippen molar-refractivity contribution >= 4 is 92.0 Å². The fraction of sp³-hybridized carbons (Fsp3) is 0.273. The van der Waals surface area contributed by atoms with Gasteiger partial charge >= 0.3 is 0 Å². The van der Waals surface area contributed by atoms with Gasteiger partial charge in [-0.1, -0.05) is 81.7 Å². The van der Waals surface area contributed by atoms with E-state index in [9.17, 15) is 0 Å². The lowest BCUT2D eigenvalue weighted by molar-refractivity contribution is 0.163. The molecule has 0 radical (unpaired) electrons. The van der Waals surface area contributed by atoms with Gasteiger partial charge in [-0.15, -0.1) is 0 Å². The number of benzene rings is 4. The maximum absolute atomic E-state index is 6.53. The molecule has 0 saturated carbocycles. The van der Waals surface area contributed by atoms with Crippen molar-refractivity contribution < 1.29 is 0 Å². The van der Waals surface area contributed by atoms with E-state index >= 15 is 0 Å². The monoisotopic (exact) mass is 705 g/mol. The lowest BCUT2D eigenvalue weighted by Gasteiger charge is -2.45. The Morgan fingerprint density at radius 1 is 0.795 bits per heavy atom. The normalized spacial score (nSPS) is 17.0. The summed E-state index contributed by atoms with van der Waals surface area (Å²) in [6.45, 7) is 8.86. The molecule has 3 aromatic carbocycles. The first kappa shape index (κ1) is 31.7. The van der Waals surface area contributed by atoms with Crippen molar-refractivity contribution in [2.45, 2.75) is 57.7 Å². The Kier molecular flexibility index (Phi) is 8.55. The van der Waals surface area contributed by atoms with Gasteiger partial charge in [-0.05, 0) is 89.1 Å². The highest BCUT2D eigenvalue weighted by Gasteiger charge is 2.37. The van der Waals surface area contributed by atoms with E-state index in [2.05, 4.69) is 49.0 Å². The summed E-state index contributed by atoms with van der Waals surface area (Å²) in [6, 6.07) is 19.1. The third-order valence-electron chi connectivity index (χ3n) is 7.68. The number of hydrogen-bond donors (Lipinski definition) is 2. The minimum absolute atomic E-state index is 0.0536. The molecule has 2 N–H and O–H groups in total.